The van der Waals surface area contributed by atoms with Gasteiger partial charge in [0.2, 0.25) is 4.99 Å². The molecule has 0 N–H and O–H groups in total. The first-order valence-corrected chi connectivity index (χ1v) is 12.7. The van der Waals surface area contributed by atoms with Crippen LogP contribution in [0.4, 0.5) is 11.4 Å². The Morgan fingerprint density at radius 1 is 0.889 bits per heavy atom. The molecule has 2 aliphatic rings. The Labute approximate surface area is 216 Å². The molecule has 7 heteroatoms. The number of carbonyl (C=O) groups is 1. The van der Waals surface area contributed by atoms with Crippen molar-refractivity contribution < 1.29 is 9.53 Å². The number of ketones is 1. The third kappa shape index (κ3) is 4.31. The Morgan fingerprint density at radius 3 is 2.14 bits per heavy atom. The van der Waals surface area contributed by atoms with Crippen molar-refractivity contribution in [3.8, 4) is 5.75 Å². The fourth-order valence-corrected chi connectivity index (χ4v) is 5.34. The monoisotopic (exact) mass is 496 g/mol. The summed E-state index contributed by atoms with van der Waals surface area (Å²) in [5.74, 6) is 1.12. The van der Waals surface area contributed by atoms with Crippen LogP contribution in [0.3, 0.4) is 0 Å². The fourth-order valence-electron chi connectivity index (χ4n) is 4.19. The summed E-state index contributed by atoms with van der Waals surface area (Å²) in [6.45, 7) is 5.92. The molecular formula is C29H28N4O2S. The number of ether oxygens (including phenoxy) is 1. The zero-order valence-corrected chi connectivity index (χ0v) is 21.6. The number of nitrogens with zero attached hydrogens (tertiary/aromatic N) is 4. The minimum absolute atomic E-state index is 0.0872. The van der Waals surface area contributed by atoms with E-state index in [9.17, 15) is 4.79 Å². The summed E-state index contributed by atoms with van der Waals surface area (Å²) in [4.78, 5) is 11.6. The summed E-state index contributed by atoms with van der Waals surface area (Å²) in [7, 11) is 1.64. The van der Waals surface area contributed by atoms with Crippen molar-refractivity contribution in [2.75, 3.05) is 17.1 Å². The number of hydrogen-bond acceptors (Lipinski definition) is 7. The minimum Gasteiger partial charge on any atom is -0.497 e. The topological polar surface area (TPSA) is 57.5 Å². The molecular weight excluding hydrogens is 468 g/mol. The molecule has 5 rings (SSSR count). The largest absolute Gasteiger partial charge is 0.497 e. The molecule has 3 aromatic carbocycles. The quantitative estimate of drug-likeness (QED) is 0.395. The van der Waals surface area contributed by atoms with Crippen LogP contribution >= 0.6 is 11.8 Å². The van der Waals surface area contributed by atoms with E-state index < -0.39 is 4.99 Å². The number of Topliss-reactive ketones (excluding diaryl/α,β-unsaturated/α-hetero) is 1. The van der Waals surface area contributed by atoms with Crippen LogP contribution in [0.15, 0.2) is 101 Å². The lowest BCUT2D eigenvalue weighted by Gasteiger charge is -2.43. The van der Waals surface area contributed by atoms with Crippen molar-refractivity contribution in [3.63, 3.8) is 0 Å². The van der Waals surface area contributed by atoms with Gasteiger partial charge in [-0.3, -0.25) is 4.79 Å². The van der Waals surface area contributed by atoms with E-state index in [1.807, 2.05) is 70.7 Å². The summed E-state index contributed by atoms with van der Waals surface area (Å²) in [5.41, 5.74) is 4.87. The Kier molecular flexibility index (Phi) is 6.41. The van der Waals surface area contributed by atoms with E-state index in [1.54, 1.807) is 14.0 Å². The zero-order chi connectivity index (χ0) is 25.3. The molecule has 0 fully saturated rings. The van der Waals surface area contributed by atoms with Crippen LogP contribution in [0, 0.1) is 0 Å². The number of rotatable bonds is 6. The smallest absolute Gasteiger partial charge is 0.227 e. The molecule has 0 radical (unpaired) electrons. The van der Waals surface area contributed by atoms with E-state index in [2.05, 4.69) is 44.2 Å². The number of carbonyl (C=O) groups excluding carboxylic acids is 1. The maximum atomic E-state index is 12.5. The zero-order valence-electron chi connectivity index (χ0n) is 20.8. The van der Waals surface area contributed by atoms with Crippen LogP contribution in [-0.2, 0) is 4.79 Å². The second kappa shape index (κ2) is 9.66. The Hall–Kier alpha value is -3.84. The lowest BCUT2D eigenvalue weighted by Crippen LogP contribution is -2.53. The average Bonchev–Trinajstić information content (AvgIpc) is 3.29. The predicted octanol–water partition coefficient (Wildman–Crippen LogP) is 6.41. The van der Waals surface area contributed by atoms with E-state index in [1.165, 1.54) is 17.3 Å². The molecule has 0 aromatic heterocycles. The number of allylic oxidation sites excluding steroid dienone is 1. The Balaban J connectivity index is 1.63. The van der Waals surface area contributed by atoms with Gasteiger partial charge >= 0.3 is 0 Å². The first-order chi connectivity index (χ1) is 17.4. The molecule has 0 aliphatic carbocycles. The van der Waals surface area contributed by atoms with Gasteiger partial charge in [-0.15, -0.1) is 0 Å². The third-order valence-corrected chi connectivity index (χ3v) is 7.55. The van der Waals surface area contributed by atoms with E-state index in [0.717, 1.165) is 28.4 Å². The van der Waals surface area contributed by atoms with E-state index in [4.69, 9.17) is 14.9 Å². The van der Waals surface area contributed by atoms with Gasteiger partial charge in [0.25, 0.3) is 0 Å². The van der Waals surface area contributed by atoms with Crippen LogP contribution in [0.25, 0.3) is 0 Å². The van der Waals surface area contributed by atoms with Gasteiger partial charge in [-0.05, 0) is 71.8 Å². The maximum absolute atomic E-state index is 12.5. The number of methoxy groups -OCH3 is 1. The van der Waals surface area contributed by atoms with Gasteiger partial charge in [-0.2, -0.15) is 10.2 Å². The SMILES string of the molecule is COc1ccc(N2N=C(C(C)=O)S[C@]23C=CC(c2ccc(C(C)C)cc2)=NN3c2ccccc2)cc1. The molecule has 1 spiro atoms. The lowest BCUT2D eigenvalue weighted by atomic mass is 10.00. The molecule has 2 aliphatic heterocycles. The molecule has 6 nitrogen and oxygen atoms in total. The molecule has 2 heterocycles. The predicted molar refractivity (Wildman–Crippen MR) is 149 cm³/mol. The molecule has 1 atom stereocenters. The first-order valence-electron chi connectivity index (χ1n) is 11.9. The van der Waals surface area contributed by atoms with Gasteiger partial charge in [0.05, 0.1) is 24.2 Å². The Bertz CT molecular complexity index is 1350. The Morgan fingerprint density at radius 2 is 1.53 bits per heavy atom. The van der Waals surface area contributed by atoms with Crippen molar-refractivity contribution in [1.29, 1.82) is 0 Å². The highest BCUT2D eigenvalue weighted by Crippen LogP contribution is 2.48. The number of thioether (sulfide) groups is 1. The maximum Gasteiger partial charge on any atom is 0.227 e. The fraction of sp³-hybridized carbons (Fsp3) is 0.207. The normalized spacial score (nSPS) is 19.0. The summed E-state index contributed by atoms with van der Waals surface area (Å²) < 4.78 is 5.34. The van der Waals surface area contributed by atoms with E-state index >= 15 is 0 Å². The highest BCUT2D eigenvalue weighted by molar-refractivity contribution is 8.17. The van der Waals surface area contributed by atoms with Crippen molar-refractivity contribution in [3.05, 3.63) is 102 Å². The van der Waals surface area contributed by atoms with Crippen LogP contribution in [0.5, 0.6) is 5.75 Å². The van der Waals surface area contributed by atoms with Crippen LogP contribution in [0.1, 0.15) is 37.8 Å². The second-order valence-electron chi connectivity index (χ2n) is 8.97. The summed E-state index contributed by atoms with van der Waals surface area (Å²) in [5, 5.41) is 14.1. The van der Waals surface area contributed by atoms with Gasteiger partial charge in [-0.25, -0.2) is 10.0 Å². The number of hydrogen-bond donors (Lipinski definition) is 0. The highest BCUT2D eigenvalue weighted by atomic mass is 32.2. The molecule has 0 saturated carbocycles. The number of anilines is 2. The van der Waals surface area contributed by atoms with E-state index in [-0.39, 0.29) is 5.78 Å². The number of para-hydroxylation sites is 1. The van der Waals surface area contributed by atoms with Crippen LogP contribution < -0.4 is 14.8 Å². The van der Waals surface area contributed by atoms with Crippen molar-refractivity contribution in [1.82, 2.24) is 0 Å². The summed E-state index contributed by atoms with van der Waals surface area (Å²) >= 11 is 1.39. The second-order valence-corrected chi connectivity index (χ2v) is 10.2. The first kappa shape index (κ1) is 23.9. The van der Waals surface area contributed by atoms with E-state index in [0.29, 0.717) is 11.0 Å². The van der Waals surface area contributed by atoms with Gasteiger partial charge < -0.3 is 4.74 Å². The van der Waals surface area contributed by atoms with Crippen molar-refractivity contribution in [2.45, 2.75) is 31.7 Å². The standard InChI is InChI=1S/C29H28N4O2S/c1-20(2)22-10-12-23(13-11-22)27-18-19-29(32(30-27)24-8-6-5-7-9-24)33(31-28(36-29)21(3)34)25-14-16-26(35-4)17-15-25/h5-20H,1-4H3/t29-/m0/s1. The summed E-state index contributed by atoms with van der Waals surface area (Å²) in [6, 6.07) is 26.2. The summed E-state index contributed by atoms with van der Waals surface area (Å²) in [6.07, 6.45) is 4.10. The molecule has 0 unspecified atom stereocenters. The lowest BCUT2D eigenvalue weighted by molar-refractivity contribution is -0.110. The van der Waals surface area contributed by atoms with Gasteiger partial charge in [0.1, 0.15) is 5.75 Å². The molecule has 36 heavy (non-hydrogen) atoms. The molecule has 0 saturated heterocycles. The van der Waals surface area contributed by atoms with Crippen LogP contribution in [0.2, 0.25) is 0 Å². The van der Waals surface area contributed by atoms with Gasteiger partial charge in [-0.1, -0.05) is 56.3 Å². The van der Waals surface area contributed by atoms with Gasteiger partial charge in [0, 0.05) is 12.5 Å². The van der Waals surface area contributed by atoms with Crippen molar-refractivity contribution >= 4 is 39.7 Å². The van der Waals surface area contributed by atoms with Crippen molar-refractivity contribution in [2.24, 2.45) is 10.2 Å². The number of hydrazone groups is 2. The van der Waals surface area contributed by atoms with Gasteiger partial charge in [0.15, 0.2) is 10.8 Å². The molecule has 0 bridgehead atoms. The molecule has 182 valence electrons. The molecule has 0 amide bonds. The highest BCUT2D eigenvalue weighted by Gasteiger charge is 2.50. The number of benzene rings is 3. The van der Waals surface area contributed by atoms with Crippen LogP contribution in [-0.4, -0.2) is 28.6 Å². The third-order valence-electron chi connectivity index (χ3n) is 6.20. The average molecular weight is 497 g/mol. The minimum atomic E-state index is -0.891. The molecule has 3 aromatic rings.